The highest BCUT2D eigenvalue weighted by molar-refractivity contribution is 4.91. The quantitative estimate of drug-likeness (QED) is 0.552. The van der Waals surface area contributed by atoms with Crippen molar-refractivity contribution in [1.82, 2.24) is 0 Å². The Morgan fingerprint density at radius 3 is 2.15 bits per heavy atom. The molecule has 0 saturated carbocycles. The van der Waals surface area contributed by atoms with Crippen LogP contribution in [0.4, 0.5) is 0 Å². The molecule has 0 aliphatic rings. The third kappa shape index (κ3) is 3.89. The molecule has 3 nitrogen and oxygen atoms in total. The molecule has 0 aliphatic heterocycles. The maximum atomic E-state index is 9.63. The van der Waals surface area contributed by atoms with E-state index in [1.807, 2.05) is 6.92 Å². The van der Waals surface area contributed by atoms with Gasteiger partial charge >= 0.3 is 0 Å². The Hall–Kier alpha value is -0.380. The van der Waals surface area contributed by atoms with Gasteiger partial charge < -0.3 is 15.3 Å². The number of hydrogen-bond acceptors (Lipinski definition) is 3. The van der Waals surface area contributed by atoms with Gasteiger partial charge in [-0.1, -0.05) is 26.0 Å². The summed E-state index contributed by atoms with van der Waals surface area (Å²) >= 11 is 0. The lowest BCUT2D eigenvalue weighted by Gasteiger charge is -2.25. The van der Waals surface area contributed by atoms with Crippen molar-refractivity contribution >= 4 is 0 Å². The first-order valence-corrected chi connectivity index (χ1v) is 4.64. The summed E-state index contributed by atoms with van der Waals surface area (Å²) in [5.41, 5.74) is 0. The molecule has 3 unspecified atom stereocenters. The van der Waals surface area contributed by atoms with Gasteiger partial charge in [0.1, 0.15) is 0 Å². The Labute approximate surface area is 79.7 Å². The van der Waals surface area contributed by atoms with Crippen LogP contribution in [0.2, 0.25) is 0 Å². The summed E-state index contributed by atoms with van der Waals surface area (Å²) in [7, 11) is 0. The zero-order chi connectivity index (χ0) is 10.4. The molecule has 0 spiro atoms. The summed E-state index contributed by atoms with van der Waals surface area (Å²) in [6.45, 7) is 5.27. The Kier molecular flexibility index (Phi) is 5.95. The summed E-state index contributed by atoms with van der Waals surface area (Å²) in [4.78, 5) is 0. The minimum absolute atomic E-state index is 0.0614. The summed E-state index contributed by atoms with van der Waals surface area (Å²) in [5, 5.41) is 27.9. The maximum absolute atomic E-state index is 9.63. The molecule has 0 aromatic carbocycles. The van der Waals surface area contributed by atoms with Crippen LogP contribution >= 0.6 is 0 Å². The van der Waals surface area contributed by atoms with Crippen LogP contribution in [0.3, 0.4) is 0 Å². The van der Waals surface area contributed by atoms with Crippen LogP contribution in [0.5, 0.6) is 0 Å². The molecule has 0 fully saturated rings. The third-order valence-corrected chi connectivity index (χ3v) is 2.34. The molecule has 3 heteroatoms. The van der Waals surface area contributed by atoms with Gasteiger partial charge in [-0.05, 0) is 6.92 Å². The van der Waals surface area contributed by atoms with Crippen molar-refractivity contribution in [2.75, 3.05) is 6.61 Å². The van der Waals surface area contributed by atoms with E-state index in [2.05, 4.69) is 0 Å². The minimum Gasteiger partial charge on any atom is -0.396 e. The third-order valence-electron chi connectivity index (χ3n) is 2.34. The highest BCUT2D eigenvalue weighted by atomic mass is 16.3. The fourth-order valence-corrected chi connectivity index (χ4v) is 1.20. The predicted octanol–water partition coefficient (Wildman–Crippen LogP) is 0.549. The van der Waals surface area contributed by atoms with E-state index in [0.717, 1.165) is 0 Å². The fraction of sp³-hybridized carbons (Fsp3) is 0.800. The van der Waals surface area contributed by atoms with Crippen molar-refractivity contribution in [3.63, 3.8) is 0 Å². The molecule has 0 saturated heterocycles. The molecule has 0 aliphatic carbocycles. The molecule has 78 valence electrons. The van der Waals surface area contributed by atoms with Crippen molar-refractivity contribution < 1.29 is 15.3 Å². The van der Waals surface area contributed by atoms with Crippen molar-refractivity contribution in [2.45, 2.75) is 33.0 Å². The van der Waals surface area contributed by atoms with Crippen LogP contribution in [0.15, 0.2) is 12.2 Å². The zero-order valence-electron chi connectivity index (χ0n) is 8.51. The van der Waals surface area contributed by atoms with E-state index in [4.69, 9.17) is 5.11 Å². The lowest BCUT2D eigenvalue weighted by atomic mass is 9.89. The van der Waals surface area contributed by atoms with Gasteiger partial charge in [-0.15, -0.1) is 0 Å². The van der Waals surface area contributed by atoms with Gasteiger partial charge in [-0.25, -0.2) is 0 Å². The summed E-state index contributed by atoms with van der Waals surface area (Å²) in [6, 6.07) is 0. The van der Waals surface area contributed by atoms with Crippen LogP contribution in [0.25, 0.3) is 0 Å². The molecule has 13 heavy (non-hydrogen) atoms. The largest absolute Gasteiger partial charge is 0.396 e. The van der Waals surface area contributed by atoms with Crippen LogP contribution in [0.1, 0.15) is 20.8 Å². The molecular formula is C10H20O3. The molecule has 0 amide bonds. The monoisotopic (exact) mass is 188 g/mol. The van der Waals surface area contributed by atoms with Gasteiger partial charge in [-0.2, -0.15) is 0 Å². The Morgan fingerprint density at radius 2 is 1.77 bits per heavy atom. The topological polar surface area (TPSA) is 60.7 Å². The molecule has 0 aromatic heterocycles. The molecule has 0 radical (unpaired) electrons. The van der Waals surface area contributed by atoms with Crippen molar-refractivity contribution in [3.05, 3.63) is 12.2 Å². The van der Waals surface area contributed by atoms with Gasteiger partial charge in [0.2, 0.25) is 0 Å². The average molecular weight is 188 g/mol. The minimum atomic E-state index is -0.670. The van der Waals surface area contributed by atoms with Crippen LogP contribution in [-0.2, 0) is 0 Å². The van der Waals surface area contributed by atoms with Crippen LogP contribution < -0.4 is 0 Å². The Bertz CT molecular complexity index is 156. The smallest absolute Gasteiger partial charge is 0.0771 e. The SMILES string of the molecule is CC=C[C@@H](O)C(C)C(O)C(C)CO. The molecule has 4 atom stereocenters. The standard InChI is InChI=1S/C10H20O3/c1-4-5-9(12)8(3)10(13)7(2)6-11/h4-5,7-13H,6H2,1-3H3/t7?,8?,9-,10?/m1/s1. The Balaban J connectivity index is 4.15. The molecule has 0 heterocycles. The molecular weight excluding hydrogens is 168 g/mol. The van der Waals surface area contributed by atoms with Gasteiger partial charge in [0.25, 0.3) is 0 Å². The second-order valence-corrected chi connectivity index (χ2v) is 3.53. The van der Waals surface area contributed by atoms with Gasteiger partial charge in [0, 0.05) is 18.4 Å². The Morgan fingerprint density at radius 1 is 1.23 bits per heavy atom. The number of allylic oxidation sites excluding steroid dienone is 1. The van der Waals surface area contributed by atoms with E-state index in [1.165, 1.54) is 0 Å². The predicted molar refractivity (Wildman–Crippen MR) is 52.2 cm³/mol. The van der Waals surface area contributed by atoms with Crippen LogP contribution in [-0.4, -0.2) is 34.1 Å². The first-order chi connectivity index (χ1) is 6.04. The highest BCUT2D eigenvalue weighted by Gasteiger charge is 2.24. The van der Waals surface area contributed by atoms with E-state index in [1.54, 1.807) is 26.0 Å². The summed E-state index contributed by atoms with van der Waals surface area (Å²) in [5.74, 6) is -0.451. The van der Waals surface area contributed by atoms with Crippen LogP contribution in [0, 0.1) is 11.8 Å². The lowest BCUT2D eigenvalue weighted by molar-refractivity contribution is -0.00417. The van der Waals surface area contributed by atoms with E-state index in [-0.39, 0.29) is 18.4 Å². The highest BCUT2D eigenvalue weighted by Crippen LogP contribution is 2.16. The number of aliphatic hydroxyl groups is 3. The van der Waals surface area contributed by atoms with Gasteiger partial charge in [0.05, 0.1) is 12.2 Å². The molecule has 0 aromatic rings. The number of aliphatic hydroxyl groups excluding tert-OH is 3. The van der Waals surface area contributed by atoms with E-state index < -0.39 is 12.2 Å². The van der Waals surface area contributed by atoms with E-state index >= 15 is 0 Å². The molecule has 0 bridgehead atoms. The van der Waals surface area contributed by atoms with E-state index in [9.17, 15) is 10.2 Å². The molecule has 0 rings (SSSR count). The zero-order valence-corrected chi connectivity index (χ0v) is 8.51. The molecule has 3 N–H and O–H groups in total. The average Bonchev–Trinajstić information content (AvgIpc) is 2.14. The van der Waals surface area contributed by atoms with Gasteiger partial charge in [0.15, 0.2) is 0 Å². The van der Waals surface area contributed by atoms with Crippen molar-refractivity contribution in [3.8, 4) is 0 Å². The lowest BCUT2D eigenvalue weighted by Crippen LogP contribution is -2.34. The van der Waals surface area contributed by atoms with E-state index in [0.29, 0.717) is 0 Å². The maximum Gasteiger partial charge on any atom is 0.0771 e. The van der Waals surface area contributed by atoms with Crippen molar-refractivity contribution in [1.29, 1.82) is 0 Å². The summed E-state index contributed by atoms with van der Waals surface area (Å²) < 4.78 is 0. The van der Waals surface area contributed by atoms with Gasteiger partial charge in [-0.3, -0.25) is 0 Å². The number of rotatable bonds is 5. The second-order valence-electron chi connectivity index (χ2n) is 3.53. The number of hydrogen-bond donors (Lipinski definition) is 3. The fourth-order valence-electron chi connectivity index (χ4n) is 1.20. The first-order valence-electron chi connectivity index (χ1n) is 4.64. The normalized spacial score (nSPS) is 21.4. The second kappa shape index (κ2) is 6.13. The van der Waals surface area contributed by atoms with Crippen molar-refractivity contribution in [2.24, 2.45) is 11.8 Å². The first kappa shape index (κ1) is 12.6. The summed E-state index contributed by atoms with van der Waals surface area (Å²) in [6.07, 6.45) is 2.07.